The third-order valence-corrected chi connectivity index (χ3v) is 9.32. The second kappa shape index (κ2) is 10.6. The minimum atomic E-state index is -1.92. The number of rotatable bonds is 8. The Morgan fingerprint density at radius 1 is 1.14 bits per heavy atom. The molecule has 0 aliphatic heterocycles. The van der Waals surface area contributed by atoms with Gasteiger partial charge in [0.15, 0.2) is 5.78 Å². The zero-order valence-corrected chi connectivity index (χ0v) is 23.0. The first-order valence-electron chi connectivity index (χ1n) is 13.4. The van der Waals surface area contributed by atoms with Gasteiger partial charge < -0.3 is 25.2 Å². The van der Waals surface area contributed by atoms with Crippen molar-refractivity contribution in [1.29, 1.82) is 0 Å². The SMILES string of the molecule is CCCC/C=C/C=C/CC(=O)O[C@]1(C)[C@H](O)[C@@H](C)[C@@]2(O)[C@@H](C=C(CO)C[C@]3(O)C(=O)C(C)=C[C@@H]23)C1(C)C. The van der Waals surface area contributed by atoms with E-state index in [2.05, 4.69) is 6.92 Å². The van der Waals surface area contributed by atoms with Gasteiger partial charge in [0, 0.05) is 29.6 Å². The maximum atomic E-state index is 13.0. The molecule has 3 aliphatic carbocycles. The van der Waals surface area contributed by atoms with Crippen LogP contribution in [0.25, 0.3) is 0 Å². The summed E-state index contributed by atoms with van der Waals surface area (Å²) in [5.41, 5.74) is -5.33. The number of carbonyl (C=O) groups is 2. The van der Waals surface area contributed by atoms with Crippen LogP contribution in [0, 0.1) is 23.2 Å². The average molecular weight is 517 g/mol. The Hall–Kier alpha value is -2.06. The Morgan fingerprint density at radius 2 is 1.78 bits per heavy atom. The molecular formula is C30H44O7. The van der Waals surface area contributed by atoms with E-state index >= 15 is 0 Å². The first kappa shape index (κ1) is 29.5. The lowest BCUT2D eigenvalue weighted by atomic mass is 9.47. The summed E-state index contributed by atoms with van der Waals surface area (Å²) >= 11 is 0. The summed E-state index contributed by atoms with van der Waals surface area (Å²) in [4.78, 5) is 26.0. The van der Waals surface area contributed by atoms with Gasteiger partial charge in [-0.25, -0.2) is 0 Å². The van der Waals surface area contributed by atoms with Crippen LogP contribution in [0.1, 0.15) is 73.6 Å². The normalized spacial score (nSPS) is 39.2. The average Bonchev–Trinajstić information content (AvgIpc) is 3.01. The Labute approximate surface area is 220 Å². The topological polar surface area (TPSA) is 124 Å². The van der Waals surface area contributed by atoms with E-state index in [0.717, 1.165) is 19.3 Å². The Kier molecular flexibility index (Phi) is 8.45. The molecule has 1 saturated carbocycles. The van der Waals surface area contributed by atoms with E-state index in [9.17, 15) is 30.0 Å². The molecule has 7 nitrogen and oxygen atoms in total. The molecule has 1 fully saturated rings. The molecule has 0 saturated heterocycles. The first-order valence-corrected chi connectivity index (χ1v) is 13.4. The quantitative estimate of drug-likeness (QED) is 0.168. The molecule has 0 aromatic rings. The van der Waals surface area contributed by atoms with Crippen molar-refractivity contribution in [1.82, 2.24) is 0 Å². The molecule has 0 spiro atoms. The summed E-state index contributed by atoms with van der Waals surface area (Å²) in [7, 11) is 0. The van der Waals surface area contributed by atoms with Crippen molar-refractivity contribution in [3.8, 4) is 0 Å². The van der Waals surface area contributed by atoms with Gasteiger partial charge in [-0.1, -0.05) is 77.0 Å². The minimum Gasteiger partial charge on any atom is -0.456 e. The molecule has 0 aromatic heterocycles. The van der Waals surface area contributed by atoms with Crippen LogP contribution in [0.3, 0.4) is 0 Å². The third-order valence-electron chi connectivity index (χ3n) is 9.32. The third kappa shape index (κ3) is 4.69. The largest absolute Gasteiger partial charge is 0.456 e. The summed E-state index contributed by atoms with van der Waals surface area (Å²) in [6, 6.07) is 0. The molecule has 37 heavy (non-hydrogen) atoms. The van der Waals surface area contributed by atoms with Crippen molar-refractivity contribution in [3.05, 3.63) is 47.6 Å². The Bertz CT molecular complexity index is 1020. The summed E-state index contributed by atoms with van der Waals surface area (Å²) in [6.07, 6.45) is 12.6. The highest BCUT2D eigenvalue weighted by atomic mass is 16.6. The molecule has 3 rings (SSSR count). The number of unbranched alkanes of at least 4 members (excludes halogenated alkanes) is 2. The van der Waals surface area contributed by atoms with Crippen LogP contribution in [-0.4, -0.2) is 61.7 Å². The Balaban J connectivity index is 1.97. The maximum absolute atomic E-state index is 13.0. The fourth-order valence-corrected chi connectivity index (χ4v) is 6.71. The number of aliphatic hydroxyl groups excluding tert-OH is 2. The van der Waals surface area contributed by atoms with E-state index in [1.165, 1.54) is 0 Å². The van der Waals surface area contributed by atoms with Gasteiger partial charge in [0.05, 0.1) is 24.7 Å². The molecular weight excluding hydrogens is 472 g/mol. The summed E-state index contributed by atoms with van der Waals surface area (Å²) in [6.45, 7) is 10.3. The zero-order valence-electron chi connectivity index (χ0n) is 23.0. The van der Waals surface area contributed by atoms with Gasteiger partial charge in [0.25, 0.3) is 0 Å². The van der Waals surface area contributed by atoms with Crippen molar-refractivity contribution in [2.24, 2.45) is 23.2 Å². The zero-order chi connectivity index (χ0) is 27.8. The Morgan fingerprint density at radius 3 is 2.41 bits per heavy atom. The number of fused-ring (bicyclic) bond motifs is 3. The van der Waals surface area contributed by atoms with Gasteiger partial charge >= 0.3 is 5.97 Å². The van der Waals surface area contributed by atoms with Gasteiger partial charge in [-0.3, -0.25) is 9.59 Å². The van der Waals surface area contributed by atoms with Gasteiger partial charge in [0.2, 0.25) is 0 Å². The highest BCUT2D eigenvalue weighted by molar-refractivity contribution is 6.04. The second-order valence-corrected chi connectivity index (χ2v) is 11.8. The predicted octanol–water partition coefficient (Wildman–Crippen LogP) is 3.56. The summed E-state index contributed by atoms with van der Waals surface area (Å²) < 4.78 is 5.99. The van der Waals surface area contributed by atoms with Crippen LogP contribution >= 0.6 is 0 Å². The lowest BCUT2D eigenvalue weighted by Gasteiger charge is -2.63. The van der Waals surface area contributed by atoms with E-state index in [4.69, 9.17) is 4.74 Å². The monoisotopic (exact) mass is 516 g/mol. The number of aliphatic hydroxyl groups is 4. The van der Waals surface area contributed by atoms with Gasteiger partial charge in [-0.05, 0) is 31.4 Å². The molecule has 0 aromatic carbocycles. The second-order valence-electron chi connectivity index (χ2n) is 11.8. The van der Waals surface area contributed by atoms with Crippen LogP contribution in [-0.2, 0) is 14.3 Å². The van der Waals surface area contributed by atoms with Crippen LogP contribution in [0.5, 0.6) is 0 Å². The summed E-state index contributed by atoms with van der Waals surface area (Å²) in [5, 5.41) is 45.6. The number of esters is 1. The lowest BCUT2D eigenvalue weighted by Crippen LogP contribution is -2.74. The smallest absolute Gasteiger partial charge is 0.310 e. The van der Waals surface area contributed by atoms with E-state index in [1.54, 1.807) is 58.9 Å². The van der Waals surface area contributed by atoms with Crippen molar-refractivity contribution < 1.29 is 34.8 Å². The van der Waals surface area contributed by atoms with Gasteiger partial charge in [0.1, 0.15) is 11.2 Å². The van der Waals surface area contributed by atoms with E-state index < -0.39 is 64.4 Å². The van der Waals surface area contributed by atoms with Crippen LogP contribution in [0.4, 0.5) is 0 Å². The molecule has 0 amide bonds. The van der Waals surface area contributed by atoms with Crippen LogP contribution < -0.4 is 0 Å². The lowest BCUT2D eigenvalue weighted by molar-refractivity contribution is -0.286. The van der Waals surface area contributed by atoms with E-state index in [0.29, 0.717) is 11.1 Å². The molecule has 7 heteroatoms. The van der Waals surface area contributed by atoms with Gasteiger partial charge in [-0.15, -0.1) is 0 Å². The fourth-order valence-electron chi connectivity index (χ4n) is 6.71. The highest BCUT2D eigenvalue weighted by Gasteiger charge is 2.72. The number of ether oxygens (including phenoxy) is 1. The number of allylic oxidation sites excluding steroid dienone is 3. The van der Waals surface area contributed by atoms with Crippen molar-refractivity contribution >= 4 is 11.8 Å². The molecule has 7 atom stereocenters. The first-order chi connectivity index (χ1) is 17.2. The molecule has 0 bridgehead atoms. The molecule has 0 heterocycles. The summed E-state index contributed by atoms with van der Waals surface area (Å²) in [5.74, 6) is -3.61. The fraction of sp³-hybridized carbons (Fsp3) is 0.667. The van der Waals surface area contributed by atoms with Crippen molar-refractivity contribution in [3.63, 3.8) is 0 Å². The molecule has 3 aliphatic rings. The standard InChI is InChI=1S/C30H44O7/c1-7-8-9-10-11-12-13-14-24(32)37-28(6)26(34)20(3)30(36)22(27(28,4)5)16-21(18-31)17-29(35)23(30)15-19(2)25(29)33/h10-13,15-16,20,22-23,26,31,34-36H,7-9,14,17-18H2,1-6H3/b11-10+,13-12+/t20-,22+,23-,26-,28-,29-,30-/m1/s1. The van der Waals surface area contributed by atoms with Crippen LogP contribution in [0.2, 0.25) is 0 Å². The predicted molar refractivity (Wildman–Crippen MR) is 141 cm³/mol. The van der Waals surface area contributed by atoms with E-state index in [-0.39, 0.29) is 12.8 Å². The van der Waals surface area contributed by atoms with E-state index in [1.807, 2.05) is 12.2 Å². The number of hydrogen-bond acceptors (Lipinski definition) is 7. The molecule has 206 valence electrons. The van der Waals surface area contributed by atoms with Gasteiger partial charge in [-0.2, -0.15) is 0 Å². The number of Topliss-reactive ketones (excluding diaryl/α,β-unsaturated/α-hetero) is 1. The molecule has 0 unspecified atom stereocenters. The van der Waals surface area contributed by atoms with Crippen molar-refractivity contribution in [2.45, 2.75) is 96.6 Å². The number of carbonyl (C=O) groups excluding carboxylic acids is 2. The van der Waals surface area contributed by atoms with Crippen LogP contribution in [0.15, 0.2) is 47.6 Å². The highest BCUT2D eigenvalue weighted by Crippen LogP contribution is 2.63. The number of hydrogen-bond donors (Lipinski definition) is 4. The maximum Gasteiger partial charge on any atom is 0.310 e. The van der Waals surface area contributed by atoms with Crippen molar-refractivity contribution in [2.75, 3.05) is 6.61 Å². The number of ketones is 1. The minimum absolute atomic E-state index is 0.0242. The molecule has 0 radical (unpaired) electrons. The molecule has 4 N–H and O–H groups in total.